The molecule has 28 heavy (non-hydrogen) atoms. The van der Waals surface area contributed by atoms with E-state index >= 15 is 0 Å². The standard InChI is InChI=1S/C20H16N4O4/c1-27-14-5-2-9(6-13(14)26)16-11-4-3-10(25)7-15(11)28-20-17(16)18(22)12(8-21)19(23)24-20/h2-7,16,25-26H,1H3,(H4,22,23,24)/t16-/m1/s1. The van der Waals surface area contributed by atoms with Gasteiger partial charge in [0.05, 0.1) is 18.4 Å². The number of fused-ring (bicyclic) bond motifs is 2. The van der Waals surface area contributed by atoms with Crippen molar-refractivity contribution in [1.82, 2.24) is 4.98 Å². The molecule has 4 rings (SSSR count). The molecule has 1 aromatic heterocycles. The highest BCUT2D eigenvalue weighted by atomic mass is 16.5. The zero-order valence-electron chi connectivity index (χ0n) is 14.8. The number of hydrogen-bond acceptors (Lipinski definition) is 8. The molecule has 0 bridgehead atoms. The van der Waals surface area contributed by atoms with Crippen molar-refractivity contribution in [1.29, 1.82) is 5.26 Å². The molecule has 3 aromatic rings. The smallest absolute Gasteiger partial charge is 0.227 e. The monoisotopic (exact) mass is 376 g/mol. The molecule has 0 amide bonds. The Kier molecular flexibility index (Phi) is 3.86. The van der Waals surface area contributed by atoms with Crippen molar-refractivity contribution in [3.63, 3.8) is 0 Å². The highest BCUT2D eigenvalue weighted by Gasteiger charge is 2.34. The highest BCUT2D eigenvalue weighted by Crippen LogP contribution is 2.51. The molecule has 1 aliphatic heterocycles. The van der Waals surface area contributed by atoms with Gasteiger partial charge in [0.1, 0.15) is 28.9 Å². The van der Waals surface area contributed by atoms with Crippen LogP contribution in [0.4, 0.5) is 11.5 Å². The first-order valence-electron chi connectivity index (χ1n) is 8.31. The zero-order valence-corrected chi connectivity index (χ0v) is 14.8. The number of methoxy groups -OCH3 is 1. The predicted octanol–water partition coefficient (Wildman–Crippen LogP) is 2.82. The van der Waals surface area contributed by atoms with Gasteiger partial charge in [0, 0.05) is 17.5 Å². The van der Waals surface area contributed by atoms with E-state index in [4.69, 9.17) is 20.9 Å². The van der Waals surface area contributed by atoms with Crippen LogP contribution < -0.4 is 20.9 Å². The van der Waals surface area contributed by atoms with Crippen LogP contribution in [0.3, 0.4) is 0 Å². The molecule has 8 heteroatoms. The third-order valence-electron chi connectivity index (χ3n) is 4.72. The summed E-state index contributed by atoms with van der Waals surface area (Å²) in [6, 6.07) is 11.6. The first-order valence-corrected chi connectivity index (χ1v) is 8.31. The number of benzene rings is 2. The Morgan fingerprint density at radius 3 is 2.64 bits per heavy atom. The molecule has 0 unspecified atom stereocenters. The van der Waals surface area contributed by atoms with Crippen molar-refractivity contribution in [3.8, 4) is 34.9 Å². The van der Waals surface area contributed by atoms with Gasteiger partial charge in [-0.15, -0.1) is 0 Å². The number of hydrogen-bond donors (Lipinski definition) is 4. The fourth-order valence-corrected chi connectivity index (χ4v) is 3.43. The Bertz CT molecular complexity index is 1150. The third kappa shape index (κ3) is 2.49. The minimum atomic E-state index is -0.503. The largest absolute Gasteiger partial charge is 0.508 e. The quantitative estimate of drug-likeness (QED) is 0.417. The van der Waals surface area contributed by atoms with Crippen LogP contribution in [0.2, 0.25) is 0 Å². The maximum absolute atomic E-state index is 10.3. The molecule has 2 heterocycles. The van der Waals surface area contributed by atoms with Crippen LogP contribution in [0.25, 0.3) is 0 Å². The number of ether oxygens (including phenoxy) is 2. The lowest BCUT2D eigenvalue weighted by Gasteiger charge is -2.29. The lowest BCUT2D eigenvalue weighted by atomic mass is 9.82. The summed E-state index contributed by atoms with van der Waals surface area (Å²) in [7, 11) is 1.46. The van der Waals surface area contributed by atoms with E-state index in [0.29, 0.717) is 28.2 Å². The minimum absolute atomic E-state index is 0.0214. The molecule has 1 aliphatic rings. The normalized spacial score (nSPS) is 14.4. The average molecular weight is 376 g/mol. The summed E-state index contributed by atoms with van der Waals surface area (Å²) in [4.78, 5) is 4.19. The summed E-state index contributed by atoms with van der Waals surface area (Å²) in [6.07, 6.45) is 0. The van der Waals surface area contributed by atoms with Crippen molar-refractivity contribution in [2.75, 3.05) is 18.6 Å². The highest BCUT2D eigenvalue weighted by molar-refractivity contribution is 5.75. The molecule has 0 fully saturated rings. The SMILES string of the molecule is COc1ccc([C@@H]2c3ccc(O)cc3Oc3nc(N)c(C#N)c(N)c32)cc1O. The zero-order chi connectivity index (χ0) is 20.0. The van der Waals surface area contributed by atoms with E-state index in [1.54, 1.807) is 24.3 Å². The molecule has 0 saturated heterocycles. The van der Waals surface area contributed by atoms with Crippen molar-refractivity contribution >= 4 is 11.5 Å². The maximum Gasteiger partial charge on any atom is 0.227 e. The van der Waals surface area contributed by atoms with Crippen molar-refractivity contribution in [2.24, 2.45) is 0 Å². The van der Waals surface area contributed by atoms with Crippen molar-refractivity contribution in [3.05, 3.63) is 58.7 Å². The Labute approximate surface area is 160 Å². The maximum atomic E-state index is 10.3. The van der Waals surface area contributed by atoms with E-state index in [1.807, 2.05) is 6.07 Å². The summed E-state index contributed by atoms with van der Waals surface area (Å²) in [5.74, 6) is 0.276. The second-order valence-corrected chi connectivity index (χ2v) is 6.30. The predicted molar refractivity (Wildman–Crippen MR) is 102 cm³/mol. The molecule has 1 atom stereocenters. The fourth-order valence-electron chi connectivity index (χ4n) is 3.43. The summed E-state index contributed by atoms with van der Waals surface area (Å²) >= 11 is 0. The molecule has 6 N–H and O–H groups in total. The number of nitriles is 1. The molecular formula is C20H16N4O4. The second kappa shape index (κ2) is 6.25. The first kappa shape index (κ1) is 17.3. The van der Waals surface area contributed by atoms with E-state index in [2.05, 4.69) is 4.98 Å². The fraction of sp³-hybridized carbons (Fsp3) is 0.100. The van der Waals surface area contributed by atoms with E-state index in [-0.39, 0.29) is 34.4 Å². The van der Waals surface area contributed by atoms with Gasteiger partial charge in [-0.05, 0) is 23.8 Å². The van der Waals surface area contributed by atoms with Crippen LogP contribution in [-0.2, 0) is 0 Å². The summed E-state index contributed by atoms with van der Waals surface area (Å²) in [5.41, 5.74) is 14.2. The molecule has 2 aromatic carbocycles. The lowest BCUT2D eigenvalue weighted by Crippen LogP contribution is -2.17. The number of anilines is 2. The van der Waals surface area contributed by atoms with Crippen LogP contribution in [0.1, 0.15) is 28.2 Å². The number of nitrogens with zero attached hydrogens (tertiary/aromatic N) is 2. The number of pyridine rings is 1. The minimum Gasteiger partial charge on any atom is -0.508 e. The van der Waals surface area contributed by atoms with Crippen molar-refractivity contribution in [2.45, 2.75) is 5.92 Å². The number of phenols is 2. The van der Waals surface area contributed by atoms with E-state index in [0.717, 1.165) is 0 Å². The third-order valence-corrected chi connectivity index (χ3v) is 4.72. The number of aromatic nitrogens is 1. The molecule has 0 saturated carbocycles. The van der Waals surface area contributed by atoms with Gasteiger partial charge in [0.2, 0.25) is 5.88 Å². The van der Waals surface area contributed by atoms with E-state index in [1.165, 1.54) is 19.2 Å². The van der Waals surface area contributed by atoms with E-state index < -0.39 is 5.92 Å². The van der Waals surface area contributed by atoms with Gasteiger partial charge in [-0.2, -0.15) is 10.2 Å². The van der Waals surface area contributed by atoms with Gasteiger partial charge in [0.15, 0.2) is 11.5 Å². The molecule has 140 valence electrons. The van der Waals surface area contributed by atoms with Crippen LogP contribution in [0.5, 0.6) is 28.9 Å². The molecule has 0 aliphatic carbocycles. The Hall–Kier alpha value is -4.12. The van der Waals surface area contributed by atoms with Gasteiger partial charge in [-0.25, -0.2) is 0 Å². The van der Waals surface area contributed by atoms with Gasteiger partial charge in [-0.1, -0.05) is 12.1 Å². The van der Waals surface area contributed by atoms with Crippen LogP contribution in [0.15, 0.2) is 36.4 Å². The summed E-state index contributed by atoms with van der Waals surface area (Å²) in [6.45, 7) is 0. The van der Waals surface area contributed by atoms with Gasteiger partial charge < -0.3 is 31.2 Å². The van der Waals surface area contributed by atoms with Crippen LogP contribution in [-0.4, -0.2) is 22.3 Å². The Morgan fingerprint density at radius 2 is 1.96 bits per heavy atom. The summed E-state index contributed by atoms with van der Waals surface area (Å²) in [5, 5.41) is 29.5. The van der Waals surface area contributed by atoms with E-state index in [9.17, 15) is 15.5 Å². The Balaban J connectivity index is 2.03. The number of phenolic OH excluding ortho intramolecular Hbond substituents is 2. The molecule has 0 spiro atoms. The second-order valence-electron chi connectivity index (χ2n) is 6.30. The first-order chi connectivity index (χ1) is 13.4. The molecule has 0 radical (unpaired) electrons. The number of nitrogens with two attached hydrogens (primary N) is 2. The van der Waals surface area contributed by atoms with Crippen LogP contribution >= 0.6 is 0 Å². The molecule has 8 nitrogen and oxygen atoms in total. The number of nitrogen functional groups attached to an aromatic ring is 2. The Morgan fingerprint density at radius 1 is 1.18 bits per heavy atom. The van der Waals surface area contributed by atoms with Gasteiger partial charge >= 0.3 is 0 Å². The van der Waals surface area contributed by atoms with Crippen LogP contribution in [0, 0.1) is 11.3 Å². The number of rotatable bonds is 2. The van der Waals surface area contributed by atoms with Crippen molar-refractivity contribution < 1.29 is 19.7 Å². The topological polar surface area (TPSA) is 148 Å². The molecular weight excluding hydrogens is 360 g/mol. The lowest BCUT2D eigenvalue weighted by molar-refractivity contribution is 0.373. The number of aromatic hydroxyl groups is 2. The van der Waals surface area contributed by atoms with Gasteiger partial charge in [0.25, 0.3) is 0 Å². The average Bonchev–Trinajstić information content (AvgIpc) is 2.66. The van der Waals surface area contributed by atoms with Gasteiger partial charge in [-0.3, -0.25) is 0 Å². The summed E-state index contributed by atoms with van der Waals surface area (Å²) < 4.78 is 10.9.